The molecule has 0 saturated heterocycles. The number of benzene rings is 2. The van der Waals surface area contributed by atoms with E-state index in [2.05, 4.69) is 20.8 Å². The molecule has 0 fully saturated rings. The molecule has 30 heavy (non-hydrogen) atoms. The van der Waals surface area contributed by atoms with Gasteiger partial charge in [-0.3, -0.25) is 9.59 Å². The lowest BCUT2D eigenvalue weighted by Crippen LogP contribution is -2.49. The summed E-state index contributed by atoms with van der Waals surface area (Å²) in [6, 6.07) is 16.2. The maximum absolute atomic E-state index is 13.2. The van der Waals surface area contributed by atoms with Gasteiger partial charge in [-0.05, 0) is 47.9 Å². The van der Waals surface area contributed by atoms with Crippen LogP contribution in [0, 0.1) is 6.92 Å². The number of rotatable bonds is 6. The van der Waals surface area contributed by atoms with E-state index in [1.165, 1.54) is 4.68 Å². The Labute approximate surface area is 174 Å². The summed E-state index contributed by atoms with van der Waals surface area (Å²) in [5, 5.41) is 14.5. The molecule has 1 aromatic heterocycles. The van der Waals surface area contributed by atoms with Crippen molar-refractivity contribution in [3.05, 3.63) is 71.5 Å². The molecule has 2 heterocycles. The number of carbonyl (C=O) groups excluding carboxylic acids is 2. The van der Waals surface area contributed by atoms with Gasteiger partial charge in [0.1, 0.15) is 17.9 Å². The zero-order valence-electron chi connectivity index (χ0n) is 17.0. The number of nitrogens with one attached hydrogen (secondary N) is 1. The first-order valence-corrected chi connectivity index (χ1v) is 10.0. The molecule has 1 N–H and O–H groups in total. The lowest BCUT2D eigenvalue weighted by Gasteiger charge is -2.24. The monoisotopic (exact) mass is 404 g/mol. The van der Waals surface area contributed by atoms with Gasteiger partial charge in [0.25, 0.3) is 0 Å². The smallest absolute Gasteiger partial charge is 0.249 e. The topological polar surface area (TPSA) is 93.0 Å². The van der Waals surface area contributed by atoms with Crippen LogP contribution >= 0.6 is 0 Å². The Morgan fingerprint density at radius 2 is 1.83 bits per heavy atom. The molecule has 0 aliphatic carbocycles. The van der Waals surface area contributed by atoms with Crippen molar-refractivity contribution in [1.29, 1.82) is 0 Å². The lowest BCUT2D eigenvalue weighted by molar-refractivity contribution is -0.129. The van der Waals surface area contributed by atoms with Crippen LogP contribution in [-0.2, 0) is 22.4 Å². The summed E-state index contributed by atoms with van der Waals surface area (Å²) in [4.78, 5) is 28.0. The lowest BCUT2D eigenvalue weighted by atomic mass is 10.0. The predicted octanol–water partition coefficient (Wildman–Crippen LogP) is 1.86. The summed E-state index contributed by atoms with van der Waals surface area (Å²) in [6.45, 7) is 4.09. The molecule has 2 atom stereocenters. The van der Waals surface area contributed by atoms with E-state index >= 15 is 0 Å². The molecule has 2 unspecified atom stereocenters. The predicted molar refractivity (Wildman–Crippen MR) is 112 cm³/mol. The van der Waals surface area contributed by atoms with Gasteiger partial charge in [-0.15, -0.1) is 5.10 Å². The number of nitrogens with zero attached hydrogens (tertiary/aromatic N) is 5. The standard InChI is InChI=1S/C22H24N6O2/c1-15(22(30)27-13-12-18-10-6-7-11-19(18)27)23-21(29)20(28-16(2)24-25-26-28)14-17-8-4-3-5-9-17/h3-11,15,20H,12-14H2,1-2H3,(H,23,29). The largest absolute Gasteiger partial charge is 0.343 e. The highest BCUT2D eigenvalue weighted by molar-refractivity contribution is 6.00. The highest BCUT2D eigenvalue weighted by atomic mass is 16.2. The average Bonchev–Trinajstić information content (AvgIpc) is 3.38. The number of hydrogen-bond acceptors (Lipinski definition) is 5. The van der Waals surface area contributed by atoms with Gasteiger partial charge < -0.3 is 10.2 Å². The van der Waals surface area contributed by atoms with Crippen molar-refractivity contribution in [2.45, 2.75) is 38.8 Å². The van der Waals surface area contributed by atoms with Crippen LogP contribution in [0.1, 0.15) is 29.9 Å². The highest BCUT2D eigenvalue weighted by Crippen LogP contribution is 2.28. The number of amides is 2. The van der Waals surface area contributed by atoms with Gasteiger partial charge in [0, 0.05) is 18.7 Å². The molecule has 2 amide bonds. The van der Waals surface area contributed by atoms with Gasteiger partial charge in [0.05, 0.1) is 0 Å². The van der Waals surface area contributed by atoms with Crippen molar-refractivity contribution in [2.75, 3.05) is 11.4 Å². The summed E-state index contributed by atoms with van der Waals surface area (Å²) >= 11 is 0. The van der Waals surface area contributed by atoms with E-state index in [9.17, 15) is 9.59 Å². The summed E-state index contributed by atoms with van der Waals surface area (Å²) in [5.41, 5.74) is 3.05. The number of carbonyl (C=O) groups is 2. The van der Waals surface area contributed by atoms with E-state index in [0.717, 1.165) is 23.2 Å². The van der Waals surface area contributed by atoms with Crippen molar-refractivity contribution in [2.24, 2.45) is 0 Å². The molecule has 0 saturated carbocycles. The third kappa shape index (κ3) is 3.94. The number of aromatic nitrogens is 4. The second kappa shape index (κ2) is 8.44. The van der Waals surface area contributed by atoms with Crippen LogP contribution in [-0.4, -0.2) is 44.6 Å². The Balaban J connectivity index is 1.51. The van der Waals surface area contributed by atoms with Crippen LogP contribution in [0.15, 0.2) is 54.6 Å². The first-order chi connectivity index (χ1) is 14.5. The van der Waals surface area contributed by atoms with Crippen molar-refractivity contribution in [3.63, 3.8) is 0 Å². The molecule has 1 aliphatic heterocycles. The second-order valence-corrected chi connectivity index (χ2v) is 7.48. The fraction of sp³-hybridized carbons (Fsp3) is 0.318. The van der Waals surface area contributed by atoms with E-state index in [0.29, 0.717) is 18.8 Å². The third-order valence-corrected chi connectivity index (χ3v) is 5.41. The maximum Gasteiger partial charge on any atom is 0.249 e. The Morgan fingerprint density at radius 1 is 1.10 bits per heavy atom. The maximum atomic E-state index is 13.2. The highest BCUT2D eigenvalue weighted by Gasteiger charge is 2.31. The average molecular weight is 404 g/mol. The summed E-state index contributed by atoms with van der Waals surface area (Å²) in [5.74, 6) is 0.126. The van der Waals surface area contributed by atoms with Gasteiger partial charge in [-0.25, -0.2) is 4.68 Å². The fourth-order valence-corrected chi connectivity index (χ4v) is 3.83. The number of para-hydroxylation sites is 1. The van der Waals surface area contributed by atoms with Gasteiger partial charge >= 0.3 is 0 Å². The van der Waals surface area contributed by atoms with Crippen molar-refractivity contribution in [3.8, 4) is 0 Å². The zero-order chi connectivity index (χ0) is 21.1. The number of hydrogen-bond donors (Lipinski definition) is 1. The summed E-state index contributed by atoms with van der Waals surface area (Å²) < 4.78 is 1.50. The molecule has 0 bridgehead atoms. The molecule has 3 aromatic rings. The quantitative estimate of drug-likeness (QED) is 0.677. The minimum Gasteiger partial charge on any atom is -0.343 e. The second-order valence-electron chi connectivity index (χ2n) is 7.48. The fourth-order valence-electron chi connectivity index (χ4n) is 3.83. The van der Waals surface area contributed by atoms with Crippen LogP contribution in [0.3, 0.4) is 0 Å². The minimum absolute atomic E-state index is 0.125. The van der Waals surface area contributed by atoms with Gasteiger partial charge in [-0.2, -0.15) is 0 Å². The van der Waals surface area contributed by atoms with E-state index in [1.807, 2.05) is 54.6 Å². The van der Waals surface area contributed by atoms with Crippen LogP contribution in [0.5, 0.6) is 0 Å². The molecule has 2 aromatic carbocycles. The number of fused-ring (bicyclic) bond motifs is 1. The molecule has 8 nitrogen and oxygen atoms in total. The van der Waals surface area contributed by atoms with E-state index in [4.69, 9.17) is 0 Å². The normalized spacial score (nSPS) is 14.8. The molecule has 4 rings (SSSR count). The van der Waals surface area contributed by atoms with Crippen molar-refractivity contribution < 1.29 is 9.59 Å². The molecular formula is C22H24N6O2. The summed E-state index contributed by atoms with van der Waals surface area (Å²) in [6.07, 6.45) is 1.25. The number of tetrazole rings is 1. The van der Waals surface area contributed by atoms with E-state index in [-0.39, 0.29) is 11.8 Å². The van der Waals surface area contributed by atoms with E-state index in [1.54, 1.807) is 18.7 Å². The van der Waals surface area contributed by atoms with Gasteiger partial charge in [-0.1, -0.05) is 48.5 Å². The van der Waals surface area contributed by atoms with Crippen LogP contribution < -0.4 is 10.2 Å². The SMILES string of the molecule is Cc1nnnn1C(Cc1ccccc1)C(=O)NC(C)C(=O)N1CCc2ccccc21. The van der Waals surface area contributed by atoms with Crippen LogP contribution in [0.4, 0.5) is 5.69 Å². The zero-order valence-corrected chi connectivity index (χ0v) is 17.0. The van der Waals surface area contributed by atoms with Crippen LogP contribution in [0.25, 0.3) is 0 Å². The molecule has 0 spiro atoms. The number of aryl methyl sites for hydroxylation is 1. The Morgan fingerprint density at radius 3 is 2.57 bits per heavy atom. The van der Waals surface area contributed by atoms with Crippen molar-refractivity contribution >= 4 is 17.5 Å². The third-order valence-electron chi connectivity index (χ3n) is 5.41. The molecule has 8 heteroatoms. The van der Waals surface area contributed by atoms with Gasteiger partial charge in [0.15, 0.2) is 0 Å². The van der Waals surface area contributed by atoms with Gasteiger partial charge in [0.2, 0.25) is 11.8 Å². The molecule has 154 valence electrons. The Kier molecular flexibility index (Phi) is 5.56. The Hall–Kier alpha value is -3.55. The molecular weight excluding hydrogens is 380 g/mol. The molecule has 1 aliphatic rings. The van der Waals surface area contributed by atoms with Crippen molar-refractivity contribution in [1.82, 2.24) is 25.5 Å². The minimum atomic E-state index is -0.668. The summed E-state index contributed by atoms with van der Waals surface area (Å²) in [7, 11) is 0. The first kappa shape index (κ1) is 19.8. The molecule has 0 radical (unpaired) electrons. The first-order valence-electron chi connectivity index (χ1n) is 10.0. The van der Waals surface area contributed by atoms with E-state index < -0.39 is 12.1 Å². The van der Waals surface area contributed by atoms with Crippen LogP contribution in [0.2, 0.25) is 0 Å². The number of anilines is 1. The Bertz CT molecular complexity index is 1050.